The molecule has 2 heterocycles. The quantitative estimate of drug-likeness (QED) is 0.179. The van der Waals surface area contributed by atoms with Gasteiger partial charge in [0.05, 0.1) is 31.8 Å². The van der Waals surface area contributed by atoms with Gasteiger partial charge in [-0.2, -0.15) is 0 Å². The van der Waals surface area contributed by atoms with E-state index in [0.29, 0.717) is 58.5 Å². The van der Waals surface area contributed by atoms with E-state index in [1.807, 2.05) is 10.6 Å². The Balaban J connectivity index is 1.80. The maximum Gasteiger partial charge on any atom is 0.331 e. The number of hydrogen-bond acceptors (Lipinski definition) is 8. The Hall–Kier alpha value is -4.67. The summed E-state index contributed by atoms with van der Waals surface area (Å²) in [5.41, 5.74) is 1.96. The summed E-state index contributed by atoms with van der Waals surface area (Å²) in [5.74, 6) is 2.27. The predicted molar refractivity (Wildman–Crippen MR) is 146 cm³/mol. The number of nitrogens with zero attached hydrogens (tertiary/aromatic N) is 3. The topological polar surface area (TPSA) is 122 Å². The van der Waals surface area contributed by atoms with Crippen molar-refractivity contribution >= 4 is 18.5 Å². The van der Waals surface area contributed by atoms with E-state index in [-0.39, 0.29) is 25.5 Å². The van der Waals surface area contributed by atoms with Crippen LogP contribution in [-0.4, -0.2) is 66.7 Å². The molecular formula is C29H33N3O8. The largest absolute Gasteiger partial charge is 0.497 e. The number of ether oxygens (including phenoxy) is 5. The average Bonchev–Trinajstić information content (AvgIpc) is 3.59. The van der Waals surface area contributed by atoms with Gasteiger partial charge in [0.25, 0.3) is 0 Å². The number of imidazole rings is 1. The SMILES string of the molecule is CCCCc1ncc(C=C(Cc2cc3c(cc2OC)OCO3)C(=O)O)n1-c1ccc(OC)cc1OCN(C)C=O. The molecule has 0 spiro atoms. The lowest BCUT2D eigenvalue weighted by Gasteiger charge is -2.19. The zero-order chi connectivity index (χ0) is 28.6. The van der Waals surface area contributed by atoms with Gasteiger partial charge in [-0.3, -0.25) is 9.36 Å². The van der Waals surface area contributed by atoms with E-state index in [9.17, 15) is 14.7 Å². The number of aliphatic carboxylic acids is 1. The van der Waals surface area contributed by atoms with E-state index in [1.165, 1.54) is 12.0 Å². The second-order valence-corrected chi connectivity index (χ2v) is 9.18. The zero-order valence-electron chi connectivity index (χ0n) is 23.0. The minimum absolute atomic E-state index is 0.0120. The number of carboxylic acids is 1. The molecule has 1 aliphatic heterocycles. The number of carbonyl (C=O) groups is 2. The summed E-state index contributed by atoms with van der Waals surface area (Å²) in [4.78, 5) is 29.6. The van der Waals surface area contributed by atoms with Gasteiger partial charge in [-0.05, 0) is 30.7 Å². The van der Waals surface area contributed by atoms with Crippen molar-refractivity contribution in [1.29, 1.82) is 0 Å². The number of amides is 1. The molecule has 1 aliphatic rings. The molecule has 0 aliphatic carbocycles. The maximum absolute atomic E-state index is 12.5. The standard InChI is InChI=1S/C29H33N3O8/c1-5-6-7-28-30-15-21(32(28)23-9-8-22(36-3)13-25(23)38-17-31(2)16-33)11-20(29(34)35)10-19-12-26-27(40-18-39-26)14-24(19)37-4/h8-9,11-16H,5-7,10,17-18H2,1-4H3,(H,34,35). The fourth-order valence-corrected chi connectivity index (χ4v) is 4.29. The Morgan fingerprint density at radius 1 is 1.15 bits per heavy atom. The van der Waals surface area contributed by atoms with Gasteiger partial charge >= 0.3 is 5.97 Å². The van der Waals surface area contributed by atoms with Crippen LogP contribution in [0.1, 0.15) is 36.8 Å². The number of carboxylic acid groups (broad SMARTS) is 1. The Bertz CT molecular complexity index is 1400. The summed E-state index contributed by atoms with van der Waals surface area (Å²) in [6.07, 6.45) is 6.50. The number of fused-ring (bicyclic) bond motifs is 1. The number of benzene rings is 2. The highest BCUT2D eigenvalue weighted by Crippen LogP contribution is 2.39. The maximum atomic E-state index is 12.5. The van der Waals surface area contributed by atoms with Gasteiger partial charge in [-0.15, -0.1) is 0 Å². The van der Waals surface area contributed by atoms with Crippen LogP contribution >= 0.6 is 0 Å². The molecule has 3 aromatic rings. The summed E-state index contributed by atoms with van der Waals surface area (Å²) in [6, 6.07) is 8.77. The minimum atomic E-state index is -1.08. The molecule has 1 N–H and O–H groups in total. The van der Waals surface area contributed by atoms with Crippen LogP contribution in [0.2, 0.25) is 0 Å². The number of unbranched alkanes of at least 4 members (excludes halogenated alkanes) is 1. The van der Waals surface area contributed by atoms with E-state index in [4.69, 9.17) is 23.7 Å². The third-order valence-electron chi connectivity index (χ3n) is 6.38. The summed E-state index contributed by atoms with van der Waals surface area (Å²) in [7, 11) is 4.68. The molecule has 1 amide bonds. The molecule has 212 valence electrons. The van der Waals surface area contributed by atoms with Gasteiger partial charge in [0, 0.05) is 43.2 Å². The molecule has 2 aromatic carbocycles. The lowest BCUT2D eigenvalue weighted by Crippen LogP contribution is -2.22. The Kier molecular flexibility index (Phi) is 9.15. The van der Waals surface area contributed by atoms with E-state index >= 15 is 0 Å². The fraction of sp³-hybridized carbons (Fsp3) is 0.345. The van der Waals surface area contributed by atoms with E-state index < -0.39 is 5.97 Å². The molecule has 11 nitrogen and oxygen atoms in total. The molecule has 0 unspecified atom stereocenters. The molecule has 0 bridgehead atoms. The fourth-order valence-electron chi connectivity index (χ4n) is 4.29. The first-order valence-electron chi connectivity index (χ1n) is 12.8. The Morgan fingerprint density at radius 3 is 2.60 bits per heavy atom. The summed E-state index contributed by atoms with van der Waals surface area (Å²) in [5, 5.41) is 10.2. The van der Waals surface area contributed by atoms with Gasteiger partial charge in [-0.25, -0.2) is 9.78 Å². The molecule has 4 rings (SSSR count). The van der Waals surface area contributed by atoms with Crippen molar-refractivity contribution in [2.45, 2.75) is 32.6 Å². The average molecular weight is 552 g/mol. The van der Waals surface area contributed by atoms with E-state index in [1.54, 1.807) is 50.7 Å². The second kappa shape index (κ2) is 12.9. The van der Waals surface area contributed by atoms with Crippen LogP contribution in [0.5, 0.6) is 28.7 Å². The minimum Gasteiger partial charge on any atom is -0.497 e. The van der Waals surface area contributed by atoms with Gasteiger partial charge in [-0.1, -0.05) is 13.3 Å². The number of rotatable bonds is 14. The first-order chi connectivity index (χ1) is 19.4. The highest BCUT2D eigenvalue weighted by Gasteiger charge is 2.22. The summed E-state index contributed by atoms with van der Waals surface area (Å²) >= 11 is 0. The van der Waals surface area contributed by atoms with Crippen LogP contribution in [0.3, 0.4) is 0 Å². The summed E-state index contributed by atoms with van der Waals surface area (Å²) in [6.45, 7) is 2.20. The van der Waals surface area contributed by atoms with Crippen LogP contribution in [0.4, 0.5) is 0 Å². The zero-order valence-corrected chi connectivity index (χ0v) is 23.0. The van der Waals surface area contributed by atoms with E-state index in [2.05, 4.69) is 11.9 Å². The molecule has 1 aromatic heterocycles. The highest BCUT2D eigenvalue weighted by atomic mass is 16.7. The van der Waals surface area contributed by atoms with Crippen LogP contribution in [0.25, 0.3) is 11.8 Å². The monoisotopic (exact) mass is 551 g/mol. The van der Waals surface area contributed by atoms with Crippen molar-refractivity contribution in [2.24, 2.45) is 0 Å². The van der Waals surface area contributed by atoms with Crippen LogP contribution in [-0.2, 0) is 22.4 Å². The highest BCUT2D eigenvalue weighted by molar-refractivity contribution is 5.92. The van der Waals surface area contributed by atoms with Crippen molar-refractivity contribution in [1.82, 2.24) is 14.5 Å². The molecule has 40 heavy (non-hydrogen) atoms. The molecular weight excluding hydrogens is 518 g/mol. The van der Waals surface area contributed by atoms with Gasteiger partial charge < -0.3 is 33.7 Å². The van der Waals surface area contributed by atoms with Crippen LogP contribution in [0.15, 0.2) is 42.1 Å². The lowest BCUT2D eigenvalue weighted by atomic mass is 10.0. The first-order valence-corrected chi connectivity index (χ1v) is 12.8. The molecule has 0 saturated heterocycles. The molecule has 0 fully saturated rings. The third-order valence-corrected chi connectivity index (χ3v) is 6.38. The van der Waals surface area contributed by atoms with Gasteiger partial charge in [0.2, 0.25) is 13.2 Å². The Morgan fingerprint density at radius 2 is 1.93 bits per heavy atom. The number of aryl methyl sites for hydroxylation is 1. The van der Waals surface area contributed by atoms with Crippen molar-refractivity contribution in [3.05, 3.63) is 59.2 Å². The van der Waals surface area contributed by atoms with Crippen LogP contribution < -0.4 is 23.7 Å². The third kappa shape index (κ3) is 6.31. The number of carbonyl (C=O) groups excluding carboxylic acids is 1. The lowest BCUT2D eigenvalue weighted by molar-refractivity contribution is -0.132. The van der Waals surface area contributed by atoms with Crippen molar-refractivity contribution < 1.29 is 38.4 Å². The normalized spacial score (nSPS) is 12.2. The van der Waals surface area contributed by atoms with Crippen molar-refractivity contribution in [3.8, 4) is 34.4 Å². The second-order valence-electron chi connectivity index (χ2n) is 9.18. The molecule has 0 atom stereocenters. The number of hydrogen-bond donors (Lipinski definition) is 1. The van der Waals surface area contributed by atoms with E-state index in [0.717, 1.165) is 18.7 Å². The molecule has 11 heteroatoms. The number of aromatic nitrogens is 2. The summed E-state index contributed by atoms with van der Waals surface area (Å²) < 4.78 is 29.7. The van der Waals surface area contributed by atoms with Crippen molar-refractivity contribution in [3.63, 3.8) is 0 Å². The van der Waals surface area contributed by atoms with Gasteiger partial charge in [0.1, 0.15) is 23.1 Å². The van der Waals surface area contributed by atoms with Crippen molar-refractivity contribution in [2.75, 3.05) is 34.8 Å². The predicted octanol–water partition coefficient (Wildman–Crippen LogP) is 4.10. The number of methoxy groups -OCH3 is 2. The van der Waals surface area contributed by atoms with Gasteiger partial charge in [0.15, 0.2) is 18.2 Å². The molecule has 0 saturated carbocycles. The Labute approximate surface area is 232 Å². The van der Waals surface area contributed by atoms with Crippen LogP contribution in [0, 0.1) is 0 Å². The molecule has 0 radical (unpaired) electrons. The smallest absolute Gasteiger partial charge is 0.331 e. The first kappa shape index (κ1) is 28.3.